The van der Waals surface area contributed by atoms with E-state index in [1.54, 1.807) is 16.8 Å². The Morgan fingerprint density at radius 3 is 2.48 bits per heavy atom. The van der Waals surface area contributed by atoms with Crippen molar-refractivity contribution in [2.45, 2.75) is 12.8 Å². The maximum Gasteiger partial charge on any atom is 0.151 e. The minimum absolute atomic E-state index is 0.180. The molecule has 0 spiro atoms. The monoisotopic (exact) mass is 426 g/mol. The molecule has 0 bridgehead atoms. The van der Waals surface area contributed by atoms with Gasteiger partial charge in [0.15, 0.2) is 5.82 Å². The van der Waals surface area contributed by atoms with Crippen molar-refractivity contribution in [1.82, 2.24) is 9.78 Å². The van der Waals surface area contributed by atoms with Crippen LogP contribution in [0.1, 0.15) is 11.3 Å². The van der Waals surface area contributed by atoms with Gasteiger partial charge in [-0.2, -0.15) is 5.10 Å². The van der Waals surface area contributed by atoms with Crippen LogP contribution in [0.25, 0.3) is 28.1 Å². The Morgan fingerprint density at radius 2 is 1.69 bits per heavy atom. The SMILES string of the molecule is Fc1ccc(-n2nc3c(c2-c2ccc(Cl)c(Cl)c2)-c2ccccc2CC3)c(F)c1. The number of aromatic nitrogens is 2. The molecular weight excluding hydrogens is 413 g/mol. The van der Waals surface area contributed by atoms with Crippen molar-refractivity contribution in [2.24, 2.45) is 0 Å². The van der Waals surface area contributed by atoms with Gasteiger partial charge in [-0.05, 0) is 48.2 Å². The Hall–Kier alpha value is -2.69. The fourth-order valence-electron chi connectivity index (χ4n) is 3.89. The molecule has 0 atom stereocenters. The van der Waals surface area contributed by atoms with E-state index in [1.165, 1.54) is 17.7 Å². The average molecular weight is 427 g/mol. The number of halogens is 4. The van der Waals surface area contributed by atoms with Crippen LogP contribution in [-0.2, 0) is 12.8 Å². The van der Waals surface area contributed by atoms with Crippen LogP contribution in [-0.4, -0.2) is 9.78 Å². The smallest absolute Gasteiger partial charge is 0.151 e. The molecule has 4 aromatic rings. The zero-order valence-corrected chi connectivity index (χ0v) is 16.6. The van der Waals surface area contributed by atoms with Crippen molar-refractivity contribution in [3.8, 4) is 28.1 Å². The second-order valence-electron chi connectivity index (χ2n) is 6.96. The van der Waals surface area contributed by atoms with E-state index < -0.39 is 11.6 Å². The first kappa shape index (κ1) is 18.3. The van der Waals surface area contributed by atoms with Crippen LogP contribution >= 0.6 is 23.2 Å². The van der Waals surface area contributed by atoms with Crippen molar-refractivity contribution < 1.29 is 8.78 Å². The van der Waals surface area contributed by atoms with Gasteiger partial charge < -0.3 is 0 Å². The van der Waals surface area contributed by atoms with Gasteiger partial charge in [0.1, 0.15) is 11.5 Å². The summed E-state index contributed by atoms with van der Waals surface area (Å²) in [6.45, 7) is 0. The number of aryl methyl sites for hydroxylation is 2. The molecule has 0 fully saturated rings. The zero-order chi connectivity index (χ0) is 20.1. The highest BCUT2D eigenvalue weighted by Crippen LogP contribution is 2.43. The van der Waals surface area contributed by atoms with E-state index in [9.17, 15) is 8.78 Å². The predicted octanol–water partition coefficient (Wildman–Crippen LogP) is 6.89. The minimum atomic E-state index is -0.681. The molecule has 0 aliphatic heterocycles. The quantitative estimate of drug-likeness (QED) is 0.341. The van der Waals surface area contributed by atoms with Crippen LogP contribution in [0.15, 0.2) is 60.7 Å². The lowest BCUT2D eigenvalue weighted by Crippen LogP contribution is -2.03. The molecule has 0 N–H and O–H groups in total. The molecule has 6 heteroatoms. The summed E-state index contributed by atoms with van der Waals surface area (Å²) in [4.78, 5) is 0. The van der Waals surface area contributed by atoms with Gasteiger partial charge in [-0.25, -0.2) is 13.5 Å². The normalized spacial score (nSPS) is 12.6. The minimum Gasteiger partial charge on any atom is -0.229 e. The molecule has 0 saturated carbocycles. The maximum absolute atomic E-state index is 14.7. The van der Waals surface area contributed by atoms with E-state index in [2.05, 4.69) is 6.07 Å². The van der Waals surface area contributed by atoms with E-state index in [4.69, 9.17) is 28.3 Å². The highest BCUT2D eigenvalue weighted by Gasteiger charge is 2.27. The van der Waals surface area contributed by atoms with Crippen molar-refractivity contribution >= 4 is 23.2 Å². The second-order valence-corrected chi connectivity index (χ2v) is 7.78. The van der Waals surface area contributed by atoms with Crippen LogP contribution in [0.4, 0.5) is 8.78 Å². The Labute approximate surface area is 176 Å². The Balaban J connectivity index is 1.85. The van der Waals surface area contributed by atoms with Gasteiger partial charge in [0.25, 0.3) is 0 Å². The van der Waals surface area contributed by atoms with Gasteiger partial charge in [-0.15, -0.1) is 0 Å². The molecule has 0 saturated heterocycles. The lowest BCUT2D eigenvalue weighted by Gasteiger charge is -2.17. The summed E-state index contributed by atoms with van der Waals surface area (Å²) in [5, 5.41) is 5.55. The fraction of sp³-hybridized carbons (Fsp3) is 0.0870. The zero-order valence-electron chi connectivity index (χ0n) is 15.1. The summed E-state index contributed by atoms with van der Waals surface area (Å²) in [5.74, 6) is -1.32. The first-order valence-electron chi connectivity index (χ1n) is 9.14. The largest absolute Gasteiger partial charge is 0.229 e. The number of hydrogen-bond donors (Lipinski definition) is 0. The van der Waals surface area contributed by atoms with Gasteiger partial charge in [0.2, 0.25) is 0 Å². The number of fused-ring (bicyclic) bond motifs is 3. The third-order valence-electron chi connectivity index (χ3n) is 5.21. The lowest BCUT2D eigenvalue weighted by atomic mass is 9.87. The highest BCUT2D eigenvalue weighted by atomic mass is 35.5. The Kier molecular flexibility index (Phi) is 4.41. The fourth-order valence-corrected chi connectivity index (χ4v) is 4.19. The summed E-state index contributed by atoms with van der Waals surface area (Å²) in [7, 11) is 0. The van der Waals surface area contributed by atoms with Crippen LogP contribution in [0.3, 0.4) is 0 Å². The molecule has 1 heterocycles. The molecular formula is C23H14Cl2F2N2. The predicted molar refractivity (Wildman–Crippen MR) is 112 cm³/mol. The standard InChI is InChI=1S/C23H14Cl2F2N2/c24-17-8-5-14(11-18(17)25)23-22-16-4-2-1-3-13(16)6-9-20(22)28-29(23)21-10-7-15(26)12-19(21)27/h1-5,7-8,10-12H,6,9H2. The van der Waals surface area contributed by atoms with Crippen LogP contribution < -0.4 is 0 Å². The highest BCUT2D eigenvalue weighted by molar-refractivity contribution is 6.42. The van der Waals surface area contributed by atoms with Gasteiger partial charge >= 0.3 is 0 Å². The molecule has 1 aliphatic rings. The molecule has 29 heavy (non-hydrogen) atoms. The molecule has 0 radical (unpaired) electrons. The van der Waals surface area contributed by atoms with Gasteiger partial charge in [0, 0.05) is 17.2 Å². The topological polar surface area (TPSA) is 17.8 Å². The molecule has 144 valence electrons. The van der Waals surface area contributed by atoms with Crippen LogP contribution in [0.2, 0.25) is 10.0 Å². The van der Waals surface area contributed by atoms with E-state index in [1.807, 2.05) is 24.3 Å². The van der Waals surface area contributed by atoms with Gasteiger partial charge in [0.05, 0.1) is 21.4 Å². The number of benzene rings is 3. The first-order valence-corrected chi connectivity index (χ1v) is 9.89. The lowest BCUT2D eigenvalue weighted by molar-refractivity contribution is 0.573. The van der Waals surface area contributed by atoms with Crippen molar-refractivity contribution in [1.29, 1.82) is 0 Å². The number of nitrogens with zero attached hydrogens (tertiary/aromatic N) is 2. The summed E-state index contributed by atoms with van der Waals surface area (Å²) in [5.41, 5.74) is 5.72. The van der Waals surface area contributed by atoms with E-state index >= 15 is 0 Å². The van der Waals surface area contributed by atoms with Crippen molar-refractivity contribution in [2.75, 3.05) is 0 Å². The van der Waals surface area contributed by atoms with E-state index in [0.29, 0.717) is 15.7 Å². The van der Waals surface area contributed by atoms with E-state index in [0.717, 1.165) is 41.3 Å². The third kappa shape index (κ3) is 3.04. The average Bonchev–Trinajstić information content (AvgIpc) is 3.10. The Bertz CT molecular complexity index is 1260. The molecule has 2 nitrogen and oxygen atoms in total. The van der Waals surface area contributed by atoms with Gasteiger partial charge in [-0.1, -0.05) is 53.5 Å². The van der Waals surface area contributed by atoms with Gasteiger partial charge in [-0.3, -0.25) is 0 Å². The molecule has 1 aromatic heterocycles. The van der Waals surface area contributed by atoms with Crippen LogP contribution in [0.5, 0.6) is 0 Å². The second kappa shape index (κ2) is 6.97. The maximum atomic E-state index is 14.7. The summed E-state index contributed by atoms with van der Waals surface area (Å²) in [6.07, 6.45) is 1.59. The Morgan fingerprint density at radius 1 is 0.862 bits per heavy atom. The molecule has 1 aliphatic carbocycles. The van der Waals surface area contributed by atoms with Crippen molar-refractivity contribution in [3.05, 3.63) is 93.6 Å². The molecule has 5 rings (SSSR count). The molecule has 3 aromatic carbocycles. The number of hydrogen-bond acceptors (Lipinski definition) is 1. The summed E-state index contributed by atoms with van der Waals surface area (Å²) < 4.78 is 29.7. The summed E-state index contributed by atoms with van der Waals surface area (Å²) >= 11 is 12.4. The van der Waals surface area contributed by atoms with Crippen molar-refractivity contribution in [3.63, 3.8) is 0 Å². The molecule has 0 amide bonds. The summed E-state index contributed by atoms with van der Waals surface area (Å²) in [6, 6.07) is 16.9. The molecule has 0 unspecified atom stereocenters. The number of rotatable bonds is 2. The van der Waals surface area contributed by atoms with E-state index in [-0.39, 0.29) is 5.69 Å². The van der Waals surface area contributed by atoms with Crippen LogP contribution in [0, 0.1) is 11.6 Å². The first-order chi connectivity index (χ1) is 14.0. The third-order valence-corrected chi connectivity index (χ3v) is 5.95.